The largest absolute Gasteiger partial charge is 0.340 e. The van der Waals surface area contributed by atoms with Gasteiger partial charge in [-0.15, -0.1) is 0 Å². The molecule has 6 nitrogen and oxygen atoms in total. The maximum absolute atomic E-state index is 11.9. The fourth-order valence-electron chi connectivity index (χ4n) is 1.73. The van der Waals surface area contributed by atoms with Gasteiger partial charge in [-0.3, -0.25) is 4.79 Å². The van der Waals surface area contributed by atoms with Crippen molar-refractivity contribution in [2.24, 2.45) is 7.05 Å². The van der Waals surface area contributed by atoms with Crippen LogP contribution in [0.15, 0.2) is 35.6 Å². The maximum Gasteiger partial charge on any atom is 0.275 e. The highest BCUT2D eigenvalue weighted by atomic mass is 35.7. The Labute approximate surface area is 120 Å². The molecule has 1 aromatic heterocycles. The first kappa shape index (κ1) is 14.5. The number of nitrogens with one attached hydrogen (secondary N) is 1. The summed E-state index contributed by atoms with van der Waals surface area (Å²) >= 11 is 0. The molecular formula is C12H12ClN3O3S. The second-order valence-corrected chi connectivity index (χ2v) is 6.83. The van der Waals surface area contributed by atoms with E-state index in [9.17, 15) is 13.2 Å². The van der Waals surface area contributed by atoms with Crippen LogP contribution in [0, 0.1) is 6.92 Å². The number of aromatic nitrogens is 2. The van der Waals surface area contributed by atoms with E-state index in [1.165, 1.54) is 24.5 Å². The Hall–Kier alpha value is -1.86. The number of carbonyl (C=O) groups is 1. The van der Waals surface area contributed by atoms with Crippen molar-refractivity contribution in [3.8, 4) is 0 Å². The molecule has 20 heavy (non-hydrogen) atoms. The number of benzene rings is 1. The molecule has 2 rings (SSSR count). The van der Waals surface area contributed by atoms with Crippen molar-refractivity contribution < 1.29 is 13.2 Å². The second-order valence-electron chi connectivity index (χ2n) is 4.30. The predicted molar refractivity (Wildman–Crippen MR) is 75.4 cm³/mol. The first-order chi connectivity index (χ1) is 9.27. The predicted octanol–water partition coefficient (Wildman–Crippen LogP) is 1.91. The number of halogens is 1. The maximum atomic E-state index is 11.9. The number of carbonyl (C=O) groups excluding carboxylic acids is 1. The lowest BCUT2D eigenvalue weighted by molar-refractivity contribution is 0.102. The lowest BCUT2D eigenvalue weighted by atomic mass is 10.2. The van der Waals surface area contributed by atoms with Crippen LogP contribution in [-0.4, -0.2) is 23.9 Å². The molecule has 0 spiro atoms. The third kappa shape index (κ3) is 3.17. The van der Waals surface area contributed by atoms with Gasteiger partial charge in [0, 0.05) is 29.6 Å². The van der Waals surface area contributed by atoms with E-state index in [1.54, 1.807) is 24.7 Å². The van der Waals surface area contributed by atoms with Crippen molar-refractivity contribution in [1.82, 2.24) is 9.55 Å². The molecule has 0 bridgehead atoms. The van der Waals surface area contributed by atoms with Gasteiger partial charge >= 0.3 is 0 Å². The van der Waals surface area contributed by atoms with Crippen LogP contribution in [0.4, 0.5) is 5.69 Å². The van der Waals surface area contributed by atoms with Gasteiger partial charge in [-0.25, -0.2) is 13.4 Å². The normalized spacial score (nSPS) is 11.3. The van der Waals surface area contributed by atoms with Crippen molar-refractivity contribution in [1.29, 1.82) is 0 Å². The number of aryl methyl sites for hydroxylation is 2. The standard InChI is InChI=1S/C12H12ClN3O3S/c1-8-5-9(3-4-11(8)20(13,18)19)15-12(17)10-6-16(2)7-14-10/h3-7H,1-2H3,(H,15,17). The van der Waals surface area contributed by atoms with Gasteiger partial charge in [0.1, 0.15) is 5.69 Å². The van der Waals surface area contributed by atoms with Gasteiger partial charge in [0.2, 0.25) is 0 Å². The average Bonchev–Trinajstić information content (AvgIpc) is 2.74. The summed E-state index contributed by atoms with van der Waals surface area (Å²) < 4.78 is 24.2. The number of hydrogen-bond donors (Lipinski definition) is 1. The van der Waals surface area contributed by atoms with Gasteiger partial charge in [-0.2, -0.15) is 0 Å². The highest BCUT2D eigenvalue weighted by Crippen LogP contribution is 2.22. The molecule has 0 aliphatic heterocycles. The number of rotatable bonds is 3. The molecule has 0 aliphatic rings. The molecule has 0 unspecified atom stereocenters. The molecule has 0 radical (unpaired) electrons. The van der Waals surface area contributed by atoms with Gasteiger partial charge in [-0.05, 0) is 30.7 Å². The quantitative estimate of drug-likeness (QED) is 0.878. The Morgan fingerprint density at radius 2 is 2.10 bits per heavy atom. The summed E-state index contributed by atoms with van der Waals surface area (Å²) in [6, 6.07) is 4.37. The minimum Gasteiger partial charge on any atom is -0.340 e. The van der Waals surface area contributed by atoms with E-state index in [4.69, 9.17) is 10.7 Å². The molecule has 0 aliphatic carbocycles. The zero-order chi connectivity index (χ0) is 14.9. The topological polar surface area (TPSA) is 81.1 Å². The summed E-state index contributed by atoms with van der Waals surface area (Å²) in [5.41, 5.74) is 1.21. The van der Waals surface area contributed by atoms with E-state index in [-0.39, 0.29) is 16.5 Å². The van der Waals surface area contributed by atoms with E-state index in [2.05, 4.69) is 10.3 Å². The molecule has 0 saturated carbocycles. The number of nitrogens with zero attached hydrogens (tertiary/aromatic N) is 2. The van der Waals surface area contributed by atoms with Crippen LogP contribution in [0.5, 0.6) is 0 Å². The van der Waals surface area contributed by atoms with Gasteiger partial charge in [-0.1, -0.05) is 0 Å². The smallest absolute Gasteiger partial charge is 0.275 e. The van der Waals surface area contributed by atoms with Crippen molar-refractivity contribution in [3.05, 3.63) is 42.0 Å². The minimum atomic E-state index is -3.78. The summed E-state index contributed by atoms with van der Waals surface area (Å²) in [5.74, 6) is -0.369. The molecule has 2 aromatic rings. The molecule has 106 valence electrons. The van der Waals surface area contributed by atoms with Gasteiger partial charge in [0.05, 0.1) is 11.2 Å². The highest BCUT2D eigenvalue weighted by molar-refractivity contribution is 8.13. The third-order valence-electron chi connectivity index (χ3n) is 2.63. The van der Waals surface area contributed by atoms with Gasteiger partial charge in [0.25, 0.3) is 15.0 Å². The summed E-state index contributed by atoms with van der Waals surface area (Å²) in [5, 5.41) is 2.64. The van der Waals surface area contributed by atoms with E-state index in [0.717, 1.165) is 0 Å². The summed E-state index contributed by atoms with van der Waals surface area (Å²) in [6.45, 7) is 1.60. The Morgan fingerprint density at radius 3 is 2.60 bits per heavy atom. The molecule has 8 heteroatoms. The SMILES string of the molecule is Cc1cc(NC(=O)c2cn(C)cn2)ccc1S(=O)(=O)Cl. The van der Waals surface area contributed by atoms with E-state index >= 15 is 0 Å². The van der Waals surface area contributed by atoms with Crippen LogP contribution in [0.1, 0.15) is 16.1 Å². The molecule has 0 atom stereocenters. The van der Waals surface area contributed by atoms with E-state index < -0.39 is 9.05 Å². The molecule has 0 fully saturated rings. The summed E-state index contributed by atoms with van der Waals surface area (Å²) in [7, 11) is 3.27. The lowest BCUT2D eigenvalue weighted by Crippen LogP contribution is -2.12. The summed E-state index contributed by atoms with van der Waals surface area (Å²) in [4.78, 5) is 15.8. The molecule has 0 saturated heterocycles. The molecule has 1 N–H and O–H groups in total. The minimum absolute atomic E-state index is 0.0231. The Morgan fingerprint density at radius 1 is 1.40 bits per heavy atom. The number of amides is 1. The average molecular weight is 314 g/mol. The molecule has 1 heterocycles. The molecule has 1 aromatic carbocycles. The Balaban J connectivity index is 2.23. The number of hydrogen-bond acceptors (Lipinski definition) is 4. The lowest BCUT2D eigenvalue weighted by Gasteiger charge is -2.07. The van der Waals surface area contributed by atoms with Crippen LogP contribution in [0.3, 0.4) is 0 Å². The Bertz CT molecular complexity index is 768. The van der Waals surface area contributed by atoms with Crippen LogP contribution < -0.4 is 5.32 Å². The number of imidazole rings is 1. The van der Waals surface area contributed by atoms with Crippen molar-refractivity contribution in [2.75, 3.05) is 5.32 Å². The molecular weight excluding hydrogens is 302 g/mol. The molecule has 1 amide bonds. The van der Waals surface area contributed by atoms with Crippen LogP contribution in [0.25, 0.3) is 0 Å². The van der Waals surface area contributed by atoms with Crippen LogP contribution in [-0.2, 0) is 16.1 Å². The second kappa shape index (κ2) is 5.26. The highest BCUT2D eigenvalue weighted by Gasteiger charge is 2.15. The van der Waals surface area contributed by atoms with E-state index in [0.29, 0.717) is 11.3 Å². The first-order valence-electron chi connectivity index (χ1n) is 5.62. The zero-order valence-electron chi connectivity index (χ0n) is 10.8. The fourth-order valence-corrected chi connectivity index (χ4v) is 2.92. The van der Waals surface area contributed by atoms with Gasteiger partial charge in [0.15, 0.2) is 0 Å². The summed E-state index contributed by atoms with van der Waals surface area (Å²) in [6.07, 6.45) is 3.10. The van der Waals surface area contributed by atoms with Crippen LogP contribution >= 0.6 is 10.7 Å². The fraction of sp³-hybridized carbons (Fsp3) is 0.167. The van der Waals surface area contributed by atoms with Crippen molar-refractivity contribution in [3.63, 3.8) is 0 Å². The van der Waals surface area contributed by atoms with E-state index in [1.807, 2.05) is 0 Å². The number of anilines is 1. The third-order valence-corrected chi connectivity index (χ3v) is 4.12. The monoisotopic (exact) mass is 313 g/mol. The Kier molecular flexibility index (Phi) is 3.82. The first-order valence-corrected chi connectivity index (χ1v) is 7.93. The van der Waals surface area contributed by atoms with Gasteiger partial charge < -0.3 is 9.88 Å². The van der Waals surface area contributed by atoms with Crippen molar-refractivity contribution in [2.45, 2.75) is 11.8 Å². The van der Waals surface area contributed by atoms with Crippen molar-refractivity contribution >= 4 is 31.3 Å². The van der Waals surface area contributed by atoms with Crippen LogP contribution in [0.2, 0.25) is 0 Å². The zero-order valence-corrected chi connectivity index (χ0v) is 12.4.